The average molecular weight is 236 g/mol. The molecule has 1 amide bonds. The summed E-state index contributed by atoms with van der Waals surface area (Å²) >= 11 is 0. The van der Waals surface area contributed by atoms with Crippen LogP contribution in [0.3, 0.4) is 0 Å². The Labute approximate surface area is 97.8 Å². The lowest BCUT2D eigenvalue weighted by molar-refractivity contribution is -0.384. The molecule has 1 aromatic rings. The number of carbonyl (C=O) groups excluding carboxylic acids is 2. The molecule has 0 aliphatic carbocycles. The van der Waals surface area contributed by atoms with Gasteiger partial charge in [0.2, 0.25) is 5.91 Å². The van der Waals surface area contributed by atoms with Crippen molar-refractivity contribution in [2.24, 2.45) is 0 Å². The number of carbonyl (C=O) groups is 2. The monoisotopic (exact) mass is 236 g/mol. The SMILES string of the molecule is CC(=O)Cc1ccc(NC(C)=O)c([N+](=O)[O-])c1. The molecule has 17 heavy (non-hydrogen) atoms. The summed E-state index contributed by atoms with van der Waals surface area (Å²) in [6.45, 7) is 2.68. The Bertz CT molecular complexity index is 482. The lowest BCUT2D eigenvalue weighted by Crippen LogP contribution is -2.08. The maximum Gasteiger partial charge on any atom is 0.293 e. The van der Waals surface area contributed by atoms with Crippen LogP contribution in [0.2, 0.25) is 0 Å². The van der Waals surface area contributed by atoms with Gasteiger partial charge < -0.3 is 5.32 Å². The van der Waals surface area contributed by atoms with E-state index in [1.165, 1.54) is 26.0 Å². The highest BCUT2D eigenvalue weighted by molar-refractivity contribution is 5.91. The summed E-state index contributed by atoms with van der Waals surface area (Å²) in [5.74, 6) is -0.459. The summed E-state index contributed by atoms with van der Waals surface area (Å²) in [6.07, 6.45) is 0.140. The number of benzene rings is 1. The minimum absolute atomic E-state index is 0.0772. The van der Waals surface area contributed by atoms with Gasteiger partial charge in [0.15, 0.2) is 0 Å². The van der Waals surface area contributed by atoms with Gasteiger partial charge in [-0.05, 0) is 18.6 Å². The molecule has 0 bridgehead atoms. The standard InChI is InChI=1S/C11H12N2O4/c1-7(14)5-9-3-4-10(12-8(2)15)11(6-9)13(16)17/h3-4,6H,5H2,1-2H3,(H,12,15). The molecule has 0 fully saturated rings. The molecule has 0 radical (unpaired) electrons. The molecule has 90 valence electrons. The van der Waals surface area contributed by atoms with E-state index >= 15 is 0 Å². The first-order chi connectivity index (χ1) is 7.90. The van der Waals surface area contributed by atoms with Gasteiger partial charge in [0.25, 0.3) is 5.69 Å². The van der Waals surface area contributed by atoms with Crippen LogP contribution in [-0.2, 0) is 16.0 Å². The second kappa shape index (κ2) is 5.20. The third kappa shape index (κ3) is 3.67. The number of anilines is 1. The number of nitrogens with zero attached hydrogens (tertiary/aromatic N) is 1. The number of nitro benzene ring substituents is 1. The van der Waals surface area contributed by atoms with E-state index in [0.717, 1.165) is 0 Å². The van der Waals surface area contributed by atoms with Gasteiger partial charge in [-0.2, -0.15) is 0 Å². The quantitative estimate of drug-likeness (QED) is 0.636. The van der Waals surface area contributed by atoms with E-state index in [9.17, 15) is 19.7 Å². The highest BCUT2D eigenvalue weighted by Gasteiger charge is 2.15. The summed E-state index contributed by atoms with van der Waals surface area (Å²) in [4.78, 5) is 32.0. The van der Waals surface area contributed by atoms with Crippen molar-refractivity contribution in [3.05, 3.63) is 33.9 Å². The highest BCUT2D eigenvalue weighted by Crippen LogP contribution is 2.25. The molecule has 1 aromatic carbocycles. The van der Waals surface area contributed by atoms with Crippen LogP contribution >= 0.6 is 0 Å². The number of rotatable bonds is 4. The number of amides is 1. The molecule has 0 atom stereocenters. The topological polar surface area (TPSA) is 89.3 Å². The summed E-state index contributed by atoms with van der Waals surface area (Å²) in [5.41, 5.74) is 0.479. The van der Waals surface area contributed by atoms with Gasteiger partial charge in [-0.15, -0.1) is 0 Å². The molecular weight excluding hydrogens is 224 g/mol. The van der Waals surface area contributed by atoms with Crippen LogP contribution in [0.15, 0.2) is 18.2 Å². The zero-order valence-corrected chi connectivity index (χ0v) is 9.52. The van der Waals surface area contributed by atoms with Crippen molar-refractivity contribution in [2.75, 3.05) is 5.32 Å². The smallest absolute Gasteiger partial charge is 0.293 e. The normalized spacial score (nSPS) is 9.76. The van der Waals surface area contributed by atoms with Crippen molar-refractivity contribution in [2.45, 2.75) is 20.3 Å². The van der Waals surface area contributed by atoms with E-state index in [0.29, 0.717) is 5.56 Å². The van der Waals surface area contributed by atoms with Crippen molar-refractivity contribution in [3.8, 4) is 0 Å². The lowest BCUT2D eigenvalue weighted by atomic mass is 10.1. The van der Waals surface area contributed by atoms with Crippen LogP contribution in [0.1, 0.15) is 19.4 Å². The summed E-state index contributed by atoms with van der Waals surface area (Å²) < 4.78 is 0. The summed E-state index contributed by atoms with van der Waals surface area (Å²) in [5, 5.41) is 13.2. The van der Waals surface area contributed by atoms with Crippen LogP contribution in [0, 0.1) is 10.1 Å². The minimum atomic E-state index is -0.588. The molecule has 0 saturated carbocycles. The van der Waals surface area contributed by atoms with Gasteiger partial charge in [0.1, 0.15) is 11.5 Å². The van der Waals surface area contributed by atoms with Crippen LogP contribution in [-0.4, -0.2) is 16.6 Å². The Kier molecular flexibility index (Phi) is 3.92. The predicted octanol–water partition coefficient (Wildman–Crippen LogP) is 1.68. The Morgan fingerprint density at radius 3 is 2.47 bits per heavy atom. The number of ketones is 1. The minimum Gasteiger partial charge on any atom is -0.321 e. The zero-order chi connectivity index (χ0) is 13.0. The number of hydrogen-bond acceptors (Lipinski definition) is 4. The summed E-state index contributed by atoms with van der Waals surface area (Å²) in [7, 11) is 0. The van der Waals surface area contributed by atoms with Crippen molar-refractivity contribution < 1.29 is 14.5 Å². The van der Waals surface area contributed by atoms with E-state index in [1.807, 2.05) is 0 Å². The van der Waals surface area contributed by atoms with E-state index in [2.05, 4.69) is 5.32 Å². The van der Waals surface area contributed by atoms with Gasteiger partial charge >= 0.3 is 0 Å². The molecule has 6 heteroatoms. The lowest BCUT2D eigenvalue weighted by Gasteiger charge is -2.05. The zero-order valence-electron chi connectivity index (χ0n) is 9.52. The number of nitrogens with one attached hydrogen (secondary N) is 1. The molecule has 6 nitrogen and oxygen atoms in total. The van der Waals surface area contributed by atoms with Gasteiger partial charge in [0.05, 0.1) is 4.92 Å². The fourth-order valence-electron chi connectivity index (χ4n) is 1.42. The van der Waals surface area contributed by atoms with Crippen LogP contribution in [0.25, 0.3) is 0 Å². The average Bonchev–Trinajstić information content (AvgIpc) is 2.18. The molecular formula is C11H12N2O4. The van der Waals surface area contributed by atoms with Crippen LogP contribution in [0.4, 0.5) is 11.4 Å². The second-order valence-electron chi connectivity index (χ2n) is 3.67. The highest BCUT2D eigenvalue weighted by atomic mass is 16.6. The van der Waals surface area contributed by atoms with E-state index in [1.54, 1.807) is 6.07 Å². The molecule has 0 spiro atoms. The van der Waals surface area contributed by atoms with Crippen molar-refractivity contribution in [3.63, 3.8) is 0 Å². The first kappa shape index (κ1) is 12.8. The Morgan fingerprint density at radius 1 is 1.35 bits per heavy atom. The first-order valence-corrected chi connectivity index (χ1v) is 4.94. The van der Waals surface area contributed by atoms with E-state index in [-0.39, 0.29) is 29.5 Å². The second-order valence-corrected chi connectivity index (χ2v) is 3.67. The fourth-order valence-corrected chi connectivity index (χ4v) is 1.42. The predicted molar refractivity (Wildman–Crippen MR) is 61.8 cm³/mol. The molecule has 1 rings (SSSR count). The van der Waals surface area contributed by atoms with Gasteiger partial charge in [-0.3, -0.25) is 19.7 Å². The number of nitro groups is 1. The van der Waals surface area contributed by atoms with Crippen molar-refractivity contribution in [1.82, 2.24) is 0 Å². The van der Waals surface area contributed by atoms with Gasteiger partial charge in [-0.1, -0.05) is 6.07 Å². The van der Waals surface area contributed by atoms with Crippen LogP contribution < -0.4 is 5.32 Å². The third-order valence-corrected chi connectivity index (χ3v) is 2.02. The molecule has 0 heterocycles. The van der Waals surface area contributed by atoms with Gasteiger partial charge in [-0.25, -0.2) is 0 Å². The molecule has 1 N–H and O–H groups in total. The van der Waals surface area contributed by atoms with Gasteiger partial charge in [0, 0.05) is 19.4 Å². The fraction of sp³-hybridized carbons (Fsp3) is 0.273. The van der Waals surface area contributed by atoms with E-state index < -0.39 is 4.92 Å². The van der Waals surface area contributed by atoms with Crippen LogP contribution in [0.5, 0.6) is 0 Å². The molecule has 0 aliphatic rings. The molecule has 0 saturated heterocycles. The van der Waals surface area contributed by atoms with Crippen molar-refractivity contribution in [1.29, 1.82) is 0 Å². The number of Topliss-reactive ketones (excluding diaryl/α,β-unsaturated/α-hetero) is 1. The summed E-state index contributed by atoms with van der Waals surface area (Å²) in [6, 6.07) is 4.31. The first-order valence-electron chi connectivity index (χ1n) is 4.94. The largest absolute Gasteiger partial charge is 0.321 e. The maximum atomic E-state index is 10.9. The maximum absolute atomic E-state index is 10.9. The Morgan fingerprint density at radius 2 is 2.00 bits per heavy atom. The molecule has 0 aliphatic heterocycles. The molecule has 0 aromatic heterocycles. The van der Waals surface area contributed by atoms with Crippen molar-refractivity contribution >= 4 is 23.1 Å². The Hall–Kier alpha value is -2.24. The molecule has 0 unspecified atom stereocenters. The van der Waals surface area contributed by atoms with E-state index in [4.69, 9.17) is 0 Å². The Balaban J connectivity index is 3.12. The third-order valence-electron chi connectivity index (χ3n) is 2.02. The number of hydrogen-bond donors (Lipinski definition) is 1.